The highest BCUT2D eigenvalue weighted by Crippen LogP contribution is 2.39. The van der Waals surface area contributed by atoms with E-state index >= 15 is 0 Å². The Morgan fingerprint density at radius 2 is 1.74 bits per heavy atom. The number of hydrogen-bond acceptors (Lipinski definition) is 3. The SMILES string of the molecule is CN(C)CCNC(=O)C1CC1C(=O)NC1CCCC1. The van der Waals surface area contributed by atoms with E-state index < -0.39 is 0 Å². The highest BCUT2D eigenvalue weighted by molar-refractivity contribution is 5.92. The van der Waals surface area contributed by atoms with Crippen molar-refractivity contribution in [2.75, 3.05) is 27.2 Å². The molecule has 2 aliphatic carbocycles. The van der Waals surface area contributed by atoms with Gasteiger partial charge in [0.2, 0.25) is 11.8 Å². The second-order valence-electron chi connectivity index (χ2n) is 6.03. The van der Waals surface area contributed by atoms with Crippen LogP contribution in [0.25, 0.3) is 0 Å². The van der Waals surface area contributed by atoms with Crippen molar-refractivity contribution in [3.8, 4) is 0 Å². The van der Waals surface area contributed by atoms with Gasteiger partial charge in [0, 0.05) is 19.1 Å². The number of nitrogens with one attached hydrogen (secondary N) is 2. The van der Waals surface area contributed by atoms with Gasteiger partial charge in [-0.25, -0.2) is 0 Å². The van der Waals surface area contributed by atoms with Crippen LogP contribution in [-0.2, 0) is 9.59 Å². The Morgan fingerprint density at radius 3 is 2.37 bits per heavy atom. The monoisotopic (exact) mass is 267 g/mol. The molecule has 0 radical (unpaired) electrons. The van der Waals surface area contributed by atoms with Crippen LogP contribution in [0.1, 0.15) is 32.1 Å². The zero-order valence-corrected chi connectivity index (χ0v) is 11.9. The first-order valence-electron chi connectivity index (χ1n) is 7.30. The molecule has 0 bridgehead atoms. The molecule has 2 fully saturated rings. The van der Waals surface area contributed by atoms with Crippen molar-refractivity contribution in [3.05, 3.63) is 0 Å². The molecule has 0 spiro atoms. The normalized spacial score (nSPS) is 26.5. The molecule has 19 heavy (non-hydrogen) atoms. The third kappa shape index (κ3) is 4.20. The summed E-state index contributed by atoms with van der Waals surface area (Å²) in [6, 6.07) is 0.352. The molecule has 2 saturated carbocycles. The van der Waals surface area contributed by atoms with E-state index in [4.69, 9.17) is 0 Å². The molecule has 108 valence electrons. The maximum atomic E-state index is 12.0. The summed E-state index contributed by atoms with van der Waals surface area (Å²) in [7, 11) is 3.95. The Balaban J connectivity index is 1.65. The molecule has 0 saturated heterocycles. The molecule has 5 heteroatoms. The standard InChI is InChI=1S/C14H25N3O2/c1-17(2)8-7-15-13(18)11-9-12(11)14(19)16-10-5-3-4-6-10/h10-12H,3-9H2,1-2H3,(H,15,18)(H,16,19). The minimum absolute atomic E-state index is 0.0356. The van der Waals surface area contributed by atoms with E-state index in [2.05, 4.69) is 10.6 Å². The molecule has 2 unspecified atom stereocenters. The number of rotatable bonds is 6. The van der Waals surface area contributed by atoms with Gasteiger partial charge in [-0.05, 0) is 33.4 Å². The van der Waals surface area contributed by atoms with Gasteiger partial charge in [0.15, 0.2) is 0 Å². The summed E-state index contributed by atoms with van der Waals surface area (Å²) in [5.74, 6) is -0.0587. The molecule has 2 aliphatic rings. The maximum Gasteiger partial charge on any atom is 0.224 e. The maximum absolute atomic E-state index is 12.0. The molecule has 5 nitrogen and oxygen atoms in total. The Bertz CT molecular complexity index is 338. The highest BCUT2D eigenvalue weighted by atomic mass is 16.2. The Labute approximate surface area is 115 Å². The van der Waals surface area contributed by atoms with Crippen LogP contribution in [0.2, 0.25) is 0 Å². The van der Waals surface area contributed by atoms with Crippen LogP contribution < -0.4 is 10.6 Å². The first kappa shape index (κ1) is 14.3. The van der Waals surface area contributed by atoms with Crippen molar-refractivity contribution < 1.29 is 9.59 Å². The molecular formula is C14H25N3O2. The third-order valence-corrected chi connectivity index (χ3v) is 4.02. The van der Waals surface area contributed by atoms with Gasteiger partial charge in [-0.3, -0.25) is 9.59 Å². The number of hydrogen-bond donors (Lipinski definition) is 2. The van der Waals surface area contributed by atoms with Crippen LogP contribution in [-0.4, -0.2) is 49.9 Å². The lowest BCUT2D eigenvalue weighted by Crippen LogP contribution is -2.36. The summed E-state index contributed by atoms with van der Waals surface area (Å²) in [4.78, 5) is 25.8. The Morgan fingerprint density at radius 1 is 1.11 bits per heavy atom. The van der Waals surface area contributed by atoms with Gasteiger partial charge in [0.05, 0.1) is 11.8 Å². The number of carbonyl (C=O) groups excluding carboxylic acids is 2. The quantitative estimate of drug-likeness (QED) is 0.730. The fraction of sp³-hybridized carbons (Fsp3) is 0.857. The topological polar surface area (TPSA) is 61.4 Å². The predicted molar refractivity (Wildman–Crippen MR) is 73.6 cm³/mol. The predicted octanol–water partition coefficient (Wildman–Crippen LogP) is 0.359. The van der Waals surface area contributed by atoms with Crippen LogP contribution >= 0.6 is 0 Å². The molecule has 2 amide bonds. The lowest BCUT2D eigenvalue weighted by atomic mass is 10.2. The molecule has 0 aromatic carbocycles. The summed E-state index contributed by atoms with van der Waals surface area (Å²) >= 11 is 0. The van der Waals surface area contributed by atoms with Gasteiger partial charge in [-0.1, -0.05) is 12.8 Å². The highest BCUT2D eigenvalue weighted by Gasteiger charge is 2.48. The fourth-order valence-corrected chi connectivity index (χ4v) is 2.69. The zero-order valence-electron chi connectivity index (χ0n) is 11.9. The van der Waals surface area contributed by atoms with Crippen molar-refractivity contribution in [1.82, 2.24) is 15.5 Å². The molecule has 2 atom stereocenters. The molecule has 0 heterocycles. The van der Waals surface area contributed by atoms with Crippen LogP contribution in [0, 0.1) is 11.8 Å². The van der Waals surface area contributed by atoms with Gasteiger partial charge in [-0.15, -0.1) is 0 Å². The average molecular weight is 267 g/mol. The average Bonchev–Trinajstić information content (AvgIpc) is 3.00. The largest absolute Gasteiger partial charge is 0.355 e. The lowest BCUT2D eigenvalue weighted by Gasteiger charge is -2.12. The molecule has 2 rings (SSSR count). The van der Waals surface area contributed by atoms with Gasteiger partial charge in [0.1, 0.15) is 0 Å². The van der Waals surface area contributed by atoms with Crippen molar-refractivity contribution in [2.24, 2.45) is 11.8 Å². The summed E-state index contributed by atoms with van der Waals surface area (Å²) in [5, 5.41) is 5.97. The van der Waals surface area contributed by atoms with Crippen LogP contribution in [0.15, 0.2) is 0 Å². The van der Waals surface area contributed by atoms with Crippen LogP contribution in [0.3, 0.4) is 0 Å². The molecular weight excluding hydrogens is 242 g/mol. The van der Waals surface area contributed by atoms with Crippen LogP contribution in [0.4, 0.5) is 0 Å². The Kier molecular flexibility index (Phi) is 4.80. The van der Waals surface area contributed by atoms with Gasteiger partial charge in [0.25, 0.3) is 0 Å². The summed E-state index contributed by atoms with van der Waals surface area (Å²) in [6.45, 7) is 1.48. The van der Waals surface area contributed by atoms with Gasteiger partial charge in [-0.2, -0.15) is 0 Å². The van der Waals surface area contributed by atoms with E-state index in [9.17, 15) is 9.59 Å². The molecule has 0 aromatic heterocycles. The van der Waals surface area contributed by atoms with Crippen molar-refractivity contribution >= 4 is 11.8 Å². The van der Waals surface area contributed by atoms with Crippen LogP contribution in [0.5, 0.6) is 0 Å². The van der Waals surface area contributed by atoms with E-state index in [1.165, 1.54) is 12.8 Å². The molecule has 0 aromatic rings. The number of amides is 2. The zero-order chi connectivity index (χ0) is 13.8. The number of nitrogens with zero attached hydrogens (tertiary/aromatic N) is 1. The van der Waals surface area contributed by atoms with Gasteiger partial charge >= 0.3 is 0 Å². The smallest absolute Gasteiger partial charge is 0.224 e. The van der Waals surface area contributed by atoms with Crippen molar-refractivity contribution in [3.63, 3.8) is 0 Å². The Hall–Kier alpha value is -1.10. The minimum atomic E-state index is -0.0939. The van der Waals surface area contributed by atoms with E-state index in [1.54, 1.807) is 0 Å². The first-order valence-corrected chi connectivity index (χ1v) is 7.30. The van der Waals surface area contributed by atoms with E-state index in [-0.39, 0.29) is 23.7 Å². The molecule has 2 N–H and O–H groups in total. The number of likely N-dealkylation sites (N-methyl/N-ethyl adjacent to an activating group) is 1. The summed E-state index contributed by atoms with van der Waals surface area (Å²) in [6.07, 6.45) is 5.33. The van der Waals surface area contributed by atoms with E-state index in [1.807, 2.05) is 19.0 Å². The van der Waals surface area contributed by atoms with E-state index in [0.717, 1.165) is 19.4 Å². The number of carbonyl (C=O) groups is 2. The second-order valence-corrected chi connectivity index (χ2v) is 6.03. The summed E-state index contributed by atoms with van der Waals surface area (Å²) < 4.78 is 0. The van der Waals surface area contributed by atoms with Crippen molar-refractivity contribution in [1.29, 1.82) is 0 Å². The third-order valence-electron chi connectivity index (χ3n) is 4.02. The first-order chi connectivity index (χ1) is 9.08. The van der Waals surface area contributed by atoms with Crippen molar-refractivity contribution in [2.45, 2.75) is 38.1 Å². The lowest BCUT2D eigenvalue weighted by molar-refractivity contribution is -0.127. The summed E-state index contributed by atoms with van der Waals surface area (Å²) in [5.41, 5.74) is 0. The van der Waals surface area contributed by atoms with Gasteiger partial charge < -0.3 is 15.5 Å². The fourth-order valence-electron chi connectivity index (χ4n) is 2.69. The minimum Gasteiger partial charge on any atom is -0.355 e. The van der Waals surface area contributed by atoms with E-state index in [0.29, 0.717) is 19.0 Å². The second kappa shape index (κ2) is 6.37. The molecule has 0 aliphatic heterocycles.